The van der Waals surface area contributed by atoms with Crippen LogP contribution in [0.25, 0.3) is 0 Å². The van der Waals surface area contributed by atoms with E-state index < -0.39 is 11.9 Å². The summed E-state index contributed by atoms with van der Waals surface area (Å²) >= 11 is 3.31. The Bertz CT molecular complexity index is 530. The van der Waals surface area contributed by atoms with Gasteiger partial charge >= 0.3 is 5.97 Å². The normalized spacial score (nSPS) is 11.2. The standard InChI is InChI=1S/C15H21BrN2O3/c1-15(2,7-6-12(19)20)8-9-18-11-5-3-4-10(16)13(11)14(17)21/h3-5,18H,6-9H2,1-2H3,(H2,17,21)(H,19,20). The first kappa shape index (κ1) is 17.5. The van der Waals surface area contributed by atoms with Crippen molar-refractivity contribution in [2.24, 2.45) is 11.1 Å². The van der Waals surface area contributed by atoms with Crippen molar-refractivity contribution in [1.29, 1.82) is 0 Å². The van der Waals surface area contributed by atoms with Gasteiger partial charge in [-0.3, -0.25) is 9.59 Å². The number of carbonyl (C=O) groups excluding carboxylic acids is 1. The lowest BCUT2D eigenvalue weighted by Crippen LogP contribution is -2.20. The summed E-state index contributed by atoms with van der Waals surface area (Å²) in [5.74, 6) is -1.27. The summed E-state index contributed by atoms with van der Waals surface area (Å²) in [5, 5.41) is 11.9. The van der Waals surface area contributed by atoms with Crippen LogP contribution in [0.15, 0.2) is 22.7 Å². The third-order valence-corrected chi connectivity index (χ3v) is 4.05. The monoisotopic (exact) mass is 356 g/mol. The fourth-order valence-corrected chi connectivity index (χ4v) is 2.59. The van der Waals surface area contributed by atoms with Gasteiger partial charge in [0.25, 0.3) is 5.91 Å². The number of rotatable bonds is 8. The van der Waals surface area contributed by atoms with Crippen molar-refractivity contribution >= 4 is 33.5 Å². The number of carboxylic acids is 1. The van der Waals surface area contributed by atoms with Crippen LogP contribution in [-0.4, -0.2) is 23.5 Å². The number of halogens is 1. The van der Waals surface area contributed by atoms with Gasteiger partial charge in [-0.1, -0.05) is 19.9 Å². The maximum absolute atomic E-state index is 11.5. The Kier molecular flexibility index (Phi) is 6.20. The number of carbonyl (C=O) groups is 2. The zero-order valence-electron chi connectivity index (χ0n) is 12.3. The van der Waals surface area contributed by atoms with E-state index in [1.54, 1.807) is 12.1 Å². The second kappa shape index (κ2) is 7.45. The molecule has 1 rings (SSSR count). The van der Waals surface area contributed by atoms with E-state index in [-0.39, 0.29) is 11.8 Å². The maximum Gasteiger partial charge on any atom is 0.303 e. The molecule has 0 saturated heterocycles. The summed E-state index contributed by atoms with van der Waals surface area (Å²) in [6.45, 7) is 4.71. The fraction of sp³-hybridized carbons (Fsp3) is 0.467. The van der Waals surface area contributed by atoms with Crippen molar-refractivity contribution in [3.63, 3.8) is 0 Å². The van der Waals surface area contributed by atoms with Crippen LogP contribution in [0, 0.1) is 5.41 Å². The average Bonchev–Trinajstić information content (AvgIpc) is 2.36. The fourth-order valence-electron chi connectivity index (χ4n) is 2.03. The van der Waals surface area contributed by atoms with E-state index in [1.165, 1.54) is 0 Å². The minimum Gasteiger partial charge on any atom is -0.481 e. The van der Waals surface area contributed by atoms with E-state index in [4.69, 9.17) is 10.8 Å². The van der Waals surface area contributed by atoms with E-state index in [0.29, 0.717) is 28.7 Å². The van der Waals surface area contributed by atoms with Crippen LogP contribution >= 0.6 is 15.9 Å². The molecular formula is C15H21BrN2O3. The summed E-state index contributed by atoms with van der Waals surface area (Å²) in [6.07, 6.45) is 1.58. The Morgan fingerprint density at radius 2 is 2.00 bits per heavy atom. The van der Waals surface area contributed by atoms with Gasteiger partial charge in [0.15, 0.2) is 0 Å². The van der Waals surface area contributed by atoms with Gasteiger partial charge in [-0.2, -0.15) is 0 Å². The van der Waals surface area contributed by atoms with Gasteiger partial charge in [0.1, 0.15) is 0 Å². The Morgan fingerprint density at radius 1 is 1.33 bits per heavy atom. The predicted octanol–water partition coefficient (Wildman–Crippen LogP) is 3.24. The number of aliphatic carboxylic acids is 1. The molecule has 0 unspecified atom stereocenters. The van der Waals surface area contributed by atoms with Gasteiger partial charge in [-0.05, 0) is 46.3 Å². The molecule has 0 aliphatic heterocycles. The predicted molar refractivity (Wildman–Crippen MR) is 86.4 cm³/mol. The van der Waals surface area contributed by atoms with Crippen molar-refractivity contribution in [1.82, 2.24) is 0 Å². The molecular weight excluding hydrogens is 336 g/mol. The Balaban J connectivity index is 2.62. The summed E-state index contributed by atoms with van der Waals surface area (Å²) in [4.78, 5) is 22.1. The van der Waals surface area contributed by atoms with Crippen LogP contribution < -0.4 is 11.1 Å². The average molecular weight is 357 g/mol. The molecule has 0 heterocycles. The topological polar surface area (TPSA) is 92.4 Å². The highest BCUT2D eigenvalue weighted by molar-refractivity contribution is 9.10. The van der Waals surface area contributed by atoms with Gasteiger partial charge in [-0.25, -0.2) is 0 Å². The van der Waals surface area contributed by atoms with E-state index in [9.17, 15) is 9.59 Å². The van der Waals surface area contributed by atoms with Gasteiger partial charge < -0.3 is 16.2 Å². The Morgan fingerprint density at radius 3 is 2.57 bits per heavy atom. The second-order valence-electron chi connectivity index (χ2n) is 5.76. The Labute approximate surface area is 133 Å². The molecule has 0 atom stereocenters. The molecule has 116 valence electrons. The molecule has 4 N–H and O–H groups in total. The third kappa shape index (κ3) is 5.75. The lowest BCUT2D eigenvalue weighted by molar-refractivity contribution is -0.137. The van der Waals surface area contributed by atoms with Crippen molar-refractivity contribution in [2.75, 3.05) is 11.9 Å². The molecule has 0 aliphatic rings. The minimum absolute atomic E-state index is 0.0791. The molecule has 21 heavy (non-hydrogen) atoms. The number of carboxylic acid groups (broad SMARTS) is 1. The maximum atomic E-state index is 11.5. The quantitative estimate of drug-likeness (QED) is 0.666. The molecule has 1 amide bonds. The van der Waals surface area contributed by atoms with E-state index in [2.05, 4.69) is 21.2 Å². The molecule has 0 saturated carbocycles. The number of benzene rings is 1. The van der Waals surface area contributed by atoms with E-state index >= 15 is 0 Å². The third-order valence-electron chi connectivity index (χ3n) is 3.39. The first-order valence-corrected chi connectivity index (χ1v) is 7.56. The van der Waals surface area contributed by atoms with Crippen LogP contribution in [0.2, 0.25) is 0 Å². The van der Waals surface area contributed by atoms with Crippen molar-refractivity contribution < 1.29 is 14.7 Å². The smallest absolute Gasteiger partial charge is 0.303 e. The van der Waals surface area contributed by atoms with Crippen LogP contribution in [0.4, 0.5) is 5.69 Å². The summed E-state index contributed by atoms with van der Waals surface area (Å²) in [7, 11) is 0. The van der Waals surface area contributed by atoms with E-state index in [0.717, 1.165) is 6.42 Å². The molecule has 5 nitrogen and oxygen atoms in total. The summed E-state index contributed by atoms with van der Waals surface area (Å²) < 4.78 is 0.658. The number of primary amides is 1. The zero-order valence-corrected chi connectivity index (χ0v) is 13.9. The van der Waals surface area contributed by atoms with E-state index in [1.807, 2.05) is 19.9 Å². The summed E-state index contributed by atoms with van der Waals surface area (Å²) in [5.41, 5.74) is 6.42. The van der Waals surface area contributed by atoms with Crippen LogP contribution in [0.3, 0.4) is 0 Å². The number of nitrogens with one attached hydrogen (secondary N) is 1. The highest BCUT2D eigenvalue weighted by Crippen LogP contribution is 2.28. The molecule has 1 aromatic rings. The van der Waals surface area contributed by atoms with Crippen molar-refractivity contribution in [2.45, 2.75) is 33.1 Å². The Hall–Kier alpha value is -1.56. The lowest BCUT2D eigenvalue weighted by atomic mass is 9.84. The van der Waals surface area contributed by atoms with Gasteiger partial charge in [0, 0.05) is 23.1 Å². The number of nitrogens with two attached hydrogens (primary N) is 1. The molecule has 0 spiro atoms. The number of hydrogen-bond acceptors (Lipinski definition) is 3. The number of amides is 1. The first-order valence-electron chi connectivity index (χ1n) is 6.77. The molecule has 1 aromatic carbocycles. The highest BCUT2D eigenvalue weighted by atomic mass is 79.9. The lowest BCUT2D eigenvalue weighted by Gasteiger charge is -2.24. The molecule has 0 aliphatic carbocycles. The number of hydrogen-bond donors (Lipinski definition) is 3. The molecule has 0 aromatic heterocycles. The molecule has 0 bridgehead atoms. The number of anilines is 1. The van der Waals surface area contributed by atoms with Crippen molar-refractivity contribution in [3.8, 4) is 0 Å². The first-order chi connectivity index (χ1) is 9.73. The van der Waals surface area contributed by atoms with Crippen LogP contribution in [0.5, 0.6) is 0 Å². The zero-order chi connectivity index (χ0) is 16.0. The largest absolute Gasteiger partial charge is 0.481 e. The highest BCUT2D eigenvalue weighted by Gasteiger charge is 2.19. The van der Waals surface area contributed by atoms with Gasteiger partial charge in [0.05, 0.1) is 5.56 Å². The van der Waals surface area contributed by atoms with Gasteiger partial charge in [0.2, 0.25) is 0 Å². The molecule has 0 radical (unpaired) electrons. The van der Waals surface area contributed by atoms with Crippen molar-refractivity contribution in [3.05, 3.63) is 28.2 Å². The molecule has 0 fully saturated rings. The van der Waals surface area contributed by atoms with Crippen LogP contribution in [0.1, 0.15) is 43.5 Å². The minimum atomic E-state index is -0.779. The summed E-state index contributed by atoms with van der Waals surface area (Å²) in [6, 6.07) is 5.39. The van der Waals surface area contributed by atoms with Gasteiger partial charge in [-0.15, -0.1) is 0 Å². The van der Waals surface area contributed by atoms with Crippen LogP contribution in [-0.2, 0) is 4.79 Å². The SMILES string of the molecule is CC(C)(CCNc1cccc(Br)c1C(N)=O)CCC(=O)O. The molecule has 6 heteroatoms. The second-order valence-corrected chi connectivity index (χ2v) is 6.62.